The van der Waals surface area contributed by atoms with Crippen LogP contribution in [0.5, 0.6) is 0 Å². The van der Waals surface area contributed by atoms with E-state index in [1.165, 1.54) is 0 Å². The van der Waals surface area contributed by atoms with Crippen LogP contribution in [0.2, 0.25) is 0 Å². The molecule has 0 unspecified atom stereocenters. The molecule has 0 aliphatic carbocycles. The molecule has 0 spiro atoms. The second kappa shape index (κ2) is 44.6. The average Bonchev–Trinajstić information content (AvgIpc) is 4.38. The predicted molar refractivity (Wildman–Crippen MR) is 334 cm³/mol. The van der Waals surface area contributed by atoms with Gasteiger partial charge in [-0.25, -0.2) is 18.7 Å². The standard InChI is InChI=1S/C58H100N22O12/c1-43(2)77-35-47(67-71-77)39-89-31-13-55(85)63-21-17-59-51(81)9-25-75(26-10-52(82)60-18-22-64-56(86)14-32-90-40-48-36-78(44(3)4)72-68-48)29-30-76(27-11-53(83)61-19-23-65-57(87)15-33-91-41-49-37-79(45(5)6)73-69-49)28-12-54(84)62-20-24-66-58(88)16-34-92-42-50-38-80(46(7)8)74-70-50/h35-38,43-46H,9-34,39-42H2,1-8H3,(H,59,81)(H,60,82)(H,61,83)(H,62,84)(H,63,85)(H,64,86)(H,65,87)(H,66,88). The van der Waals surface area contributed by atoms with E-state index in [1.54, 1.807) is 43.5 Å². The van der Waals surface area contributed by atoms with E-state index >= 15 is 0 Å². The highest BCUT2D eigenvalue weighted by Crippen LogP contribution is 2.08. The number of nitrogens with one attached hydrogen (secondary N) is 8. The van der Waals surface area contributed by atoms with Crippen LogP contribution in [-0.2, 0) is 83.7 Å². The van der Waals surface area contributed by atoms with E-state index in [-0.39, 0.29) is 254 Å². The normalized spacial score (nSPS) is 11.5. The Morgan fingerprint density at radius 1 is 0.315 bits per heavy atom. The van der Waals surface area contributed by atoms with Crippen LogP contribution in [0.25, 0.3) is 0 Å². The summed E-state index contributed by atoms with van der Waals surface area (Å²) in [5.74, 6) is -2.09. The molecule has 0 fully saturated rings. The highest BCUT2D eigenvalue weighted by molar-refractivity contribution is 5.79. The van der Waals surface area contributed by atoms with Crippen molar-refractivity contribution in [2.24, 2.45) is 0 Å². The van der Waals surface area contributed by atoms with Crippen LogP contribution in [0.3, 0.4) is 0 Å². The Balaban J connectivity index is 1.26. The lowest BCUT2D eigenvalue weighted by Crippen LogP contribution is -2.42. The first kappa shape index (κ1) is 76.5. The average molecular weight is 1300 g/mol. The molecule has 0 aromatic carbocycles. The Labute approximate surface area is 538 Å². The zero-order valence-electron chi connectivity index (χ0n) is 55.0. The number of ether oxygens (including phenoxy) is 4. The Kier molecular flexibility index (Phi) is 37.1. The molecule has 0 aliphatic rings. The molecule has 0 radical (unpaired) electrons. The molecule has 4 rings (SSSR count). The molecule has 0 aliphatic heterocycles. The number of amides is 8. The summed E-state index contributed by atoms with van der Waals surface area (Å²) in [4.78, 5) is 107. The molecule has 0 saturated heterocycles. The van der Waals surface area contributed by atoms with Crippen molar-refractivity contribution >= 4 is 47.3 Å². The van der Waals surface area contributed by atoms with Gasteiger partial charge in [-0.05, 0) is 55.4 Å². The van der Waals surface area contributed by atoms with Crippen LogP contribution in [0.15, 0.2) is 24.8 Å². The van der Waals surface area contributed by atoms with E-state index in [0.717, 1.165) is 0 Å². The summed E-state index contributed by atoms with van der Waals surface area (Å²) in [6, 6.07) is 0.646. The fourth-order valence-corrected chi connectivity index (χ4v) is 8.21. The highest BCUT2D eigenvalue weighted by atomic mass is 16.5. The molecule has 0 saturated carbocycles. The van der Waals surface area contributed by atoms with Gasteiger partial charge in [0.2, 0.25) is 47.3 Å². The lowest BCUT2D eigenvalue weighted by Gasteiger charge is -2.27. The molecule has 8 amide bonds. The van der Waals surface area contributed by atoms with E-state index in [2.05, 4.69) is 83.8 Å². The van der Waals surface area contributed by atoms with Gasteiger partial charge in [-0.1, -0.05) is 20.9 Å². The molecule has 4 aromatic rings. The third kappa shape index (κ3) is 34.5. The molecular formula is C58H100N22O12. The Morgan fingerprint density at radius 3 is 0.674 bits per heavy atom. The van der Waals surface area contributed by atoms with Crippen LogP contribution in [0, 0.1) is 0 Å². The van der Waals surface area contributed by atoms with E-state index in [4.69, 9.17) is 18.9 Å². The van der Waals surface area contributed by atoms with Gasteiger partial charge in [0.25, 0.3) is 0 Å². The second-order valence-electron chi connectivity index (χ2n) is 22.8. The van der Waals surface area contributed by atoms with Crippen molar-refractivity contribution in [2.45, 2.75) is 157 Å². The van der Waals surface area contributed by atoms with E-state index in [9.17, 15) is 38.4 Å². The van der Waals surface area contributed by atoms with Crippen LogP contribution < -0.4 is 42.5 Å². The second-order valence-corrected chi connectivity index (χ2v) is 22.8. The van der Waals surface area contributed by atoms with E-state index in [1.807, 2.05) is 65.2 Å². The minimum absolute atomic E-state index is 0.0569. The SMILES string of the molecule is CC(C)n1cc(COCCC(=O)NCCNC(=O)CCN(CCC(=O)NCCNC(=O)CCOCc2cn(C(C)C)nn2)CCN(CCC(=O)NCCNC(=O)CCOCc2cn(C(C)C)nn2)CCC(=O)NCCNC(=O)CCOCc2cn(C(C)C)nn2)nn1. The topological polar surface area (TPSA) is 399 Å². The zero-order valence-corrected chi connectivity index (χ0v) is 55.0. The van der Waals surface area contributed by atoms with Gasteiger partial charge in [-0.3, -0.25) is 38.4 Å². The minimum atomic E-state index is -0.280. The number of hydrogen-bond donors (Lipinski definition) is 8. The predicted octanol–water partition coefficient (Wildman–Crippen LogP) is -0.802. The Bertz CT molecular complexity index is 2440. The van der Waals surface area contributed by atoms with Crippen molar-refractivity contribution in [3.8, 4) is 0 Å². The van der Waals surface area contributed by atoms with Crippen molar-refractivity contribution in [3.05, 3.63) is 47.6 Å². The maximum absolute atomic E-state index is 13.2. The monoisotopic (exact) mass is 1300 g/mol. The molecule has 0 atom stereocenters. The first-order valence-corrected chi connectivity index (χ1v) is 31.7. The molecule has 8 N–H and O–H groups in total. The first-order chi connectivity index (χ1) is 44.2. The first-order valence-electron chi connectivity index (χ1n) is 31.7. The molecule has 34 heteroatoms. The van der Waals surface area contributed by atoms with Crippen molar-refractivity contribution in [1.29, 1.82) is 0 Å². The van der Waals surface area contributed by atoms with Crippen molar-refractivity contribution in [2.75, 3.05) is 118 Å². The van der Waals surface area contributed by atoms with Gasteiger partial charge >= 0.3 is 0 Å². The lowest BCUT2D eigenvalue weighted by atomic mass is 10.2. The van der Waals surface area contributed by atoms with Crippen LogP contribution in [-0.4, -0.2) is 235 Å². The molecule has 4 heterocycles. The zero-order chi connectivity index (χ0) is 66.9. The molecule has 514 valence electrons. The maximum Gasteiger partial charge on any atom is 0.222 e. The smallest absolute Gasteiger partial charge is 0.222 e. The largest absolute Gasteiger partial charge is 0.374 e. The molecule has 0 bridgehead atoms. The summed E-state index contributed by atoms with van der Waals surface area (Å²) in [5, 5.41) is 54.9. The van der Waals surface area contributed by atoms with Gasteiger partial charge in [0.1, 0.15) is 22.8 Å². The number of carbonyl (C=O) groups is 8. The number of rotatable bonds is 51. The Hall–Kier alpha value is -7.92. The third-order valence-corrected chi connectivity index (χ3v) is 13.7. The van der Waals surface area contributed by atoms with Crippen LogP contribution in [0.1, 0.15) is 154 Å². The summed E-state index contributed by atoms with van der Waals surface area (Å²) < 4.78 is 29.3. The van der Waals surface area contributed by atoms with Gasteiger partial charge < -0.3 is 71.3 Å². The van der Waals surface area contributed by atoms with Crippen molar-refractivity contribution in [1.82, 2.24) is 112 Å². The summed E-state index contributed by atoms with van der Waals surface area (Å²) in [7, 11) is 0. The Morgan fingerprint density at radius 2 is 0.500 bits per heavy atom. The van der Waals surface area contributed by atoms with Crippen molar-refractivity contribution < 1.29 is 57.3 Å². The van der Waals surface area contributed by atoms with Crippen LogP contribution >= 0.6 is 0 Å². The fraction of sp³-hybridized carbons (Fsp3) is 0.724. The lowest BCUT2D eigenvalue weighted by molar-refractivity contribution is -0.124. The van der Waals surface area contributed by atoms with Gasteiger partial charge in [-0.15, -0.1) is 20.4 Å². The summed E-state index contributed by atoms with van der Waals surface area (Å²) in [5.41, 5.74) is 2.64. The third-order valence-electron chi connectivity index (χ3n) is 13.7. The fourth-order valence-electron chi connectivity index (χ4n) is 8.21. The summed E-state index contributed by atoms with van der Waals surface area (Å²) in [6.45, 7) is 20.6. The molecular weight excluding hydrogens is 1200 g/mol. The number of hydrogen-bond acceptors (Lipinski definition) is 22. The van der Waals surface area contributed by atoms with E-state index < -0.39 is 0 Å². The van der Waals surface area contributed by atoms with Crippen LogP contribution in [0.4, 0.5) is 0 Å². The van der Waals surface area contributed by atoms with Gasteiger partial charge in [-0.2, -0.15) is 0 Å². The quantitative estimate of drug-likeness (QED) is 0.0251. The molecule has 4 aromatic heterocycles. The number of aromatic nitrogens is 12. The maximum atomic E-state index is 13.2. The number of nitrogens with zero attached hydrogens (tertiary/aromatic N) is 14. The molecule has 92 heavy (non-hydrogen) atoms. The van der Waals surface area contributed by atoms with E-state index in [0.29, 0.717) is 35.9 Å². The summed E-state index contributed by atoms with van der Waals surface area (Å²) in [6.07, 6.45) is 7.87. The van der Waals surface area contributed by atoms with Gasteiger partial charge in [0, 0.05) is 167 Å². The van der Waals surface area contributed by atoms with Crippen molar-refractivity contribution in [3.63, 3.8) is 0 Å². The highest BCUT2D eigenvalue weighted by Gasteiger charge is 2.18. The van der Waals surface area contributed by atoms with Gasteiger partial charge in [0.05, 0.1) is 77.6 Å². The number of carbonyl (C=O) groups excluding carboxylic acids is 8. The molecule has 34 nitrogen and oxygen atoms in total. The summed E-state index contributed by atoms with van der Waals surface area (Å²) >= 11 is 0. The van der Waals surface area contributed by atoms with Gasteiger partial charge in [0.15, 0.2) is 0 Å². The minimum Gasteiger partial charge on any atom is -0.374 e.